The SMILES string of the molecule is CCC1(C)CC2(CCNC2)CCO1. The van der Waals surface area contributed by atoms with Crippen LogP contribution in [0.25, 0.3) is 0 Å². The van der Waals surface area contributed by atoms with Gasteiger partial charge in [-0.25, -0.2) is 0 Å². The Morgan fingerprint density at radius 2 is 2.23 bits per heavy atom. The first-order chi connectivity index (χ1) is 6.18. The molecule has 2 rings (SSSR count). The van der Waals surface area contributed by atoms with Crippen molar-refractivity contribution >= 4 is 0 Å². The summed E-state index contributed by atoms with van der Waals surface area (Å²) < 4.78 is 5.87. The molecule has 0 saturated carbocycles. The maximum Gasteiger partial charge on any atom is 0.0657 e. The van der Waals surface area contributed by atoms with Crippen molar-refractivity contribution in [2.24, 2.45) is 5.41 Å². The Labute approximate surface area is 81.0 Å². The third kappa shape index (κ3) is 1.75. The summed E-state index contributed by atoms with van der Waals surface area (Å²) in [6.07, 6.45) is 5.01. The highest BCUT2D eigenvalue weighted by Gasteiger charge is 2.43. The van der Waals surface area contributed by atoms with Crippen LogP contribution in [0.15, 0.2) is 0 Å². The molecule has 0 radical (unpaired) electrons. The fourth-order valence-corrected chi connectivity index (χ4v) is 2.83. The lowest BCUT2D eigenvalue weighted by molar-refractivity contribution is -0.112. The van der Waals surface area contributed by atoms with Gasteiger partial charge >= 0.3 is 0 Å². The van der Waals surface area contributed by atoms with Crippen molar-refractivity contribution in [1.82, 2.24) is 5.32 Å². The molecule has 0 aromatic carbocycles. The Morgan fingerprint density at radius 1 is 1.38 bits per heavy atom. The van der Waals surface area contributed by atoms with Gasteiger partial charge in [0.1, 0.15) is 0 Å². The van der Waals surface area contributed by atoms with Crippen LogP contribution in [-0.2, 0) is 4.74 Å². The van der Waals surface area contributed by atoms with Gasteiger partial charge < -0.3 is 10.1 Å². The summed E-state index contributed by atoms with van der Waals surface area (Å²) in [5.74, 6) is 0. The van der Waals surface area contributed by atoms with Crippen LogP contribution < -0.4 is 5.32 Å². The molecule has 2 saturated heterocycles. The number of hydrogen-bond donors (Lipinski definition) is 1. The third-order valence-corrected chi connectivity index (χ3v) is 3.91. The van der Waals surface area contributed by atoms with Gasteiger partial charge in [-0.05, 0) is 44.6 Å². The van der Waals surface area contributed by atoms with Crippen LogP contribution in [0.5, 0.6) is 0 Å². The van der Waals surface area contributed by atoms with Crippen LogP contribution in [0, 0.1) is 5.41 Å². The predicted octanol–water partition coefficient (Wildman–Crippen LogP) is 1.95. The Morgan fingerprint density at radius 3 is 2.85 bits per heavy atom. The highest BCUT2D eigenvalue weighted by molar-refractivity contribution is 4.96. The van der Waals surface area contributed by atoms with Crippen LogP contribution in [0.2, 0.25) is 0 Å². The first-order valence-electron chi connectivity index (χ1n) is 5.53. The van der Waals surface area contributed by atoms with E-state index >= 15 is 0 Å². The molecule has 1 N–H and O–H groups in total. The third-order valence-electron chi connectivity index (χ3n) is 3.91. The first-order valence-corrected chi connectivity index (χ1v) is 5.53. The van der Waals surface area contributed by atoms with E-state index < -0.39 is 0 Å². The molecule has 0 amide bonds. The molecule has 0 aromatic rings. The largest absolute Gasteiger partial charge is 0.375 e. The van der Waals surface area contributed by atoms with Gasteiger partial charge in [0.15, 0.2) is 0 Å². The van der Waals surface area contributed by atoms with E-state index in [0.717, 1.165) is 13.0 Å². The number of ether oxygens (including phenoxy) is 1. The van der Waals surface area contributed by atoms with E-state index in [1.54, 1.807) is 0 Å². The average Bonchev–Trinajstić information content (AvgIpc) is 2.53. The van der Waals surface area contributed by atoms with Gasteiger partial charge in [-0.2, -0.15) is 0 Å². The normalized spacial score (nSPS) is 45.7. The van der Waals surface area contributed by atoms with Crippen molar-refractivity contribution in [3.8, 4) is 0 Å². The van der Waals surface area contributed by atoms with E-state index in [0.29, 0.717) is 5.41 Å². The molecule has 2 fully saturated rings. The predicted molar refractivity (Wildman–Crippen MR) is 53.8 cm³/mol. The van der Waals surface area contributed by atoms with E-state index in [9.17, 15) is 0 Å². The van der Waals surface area contributed by atoms with Gasteiger partial charge in [-0.1, -0.05) is 6.92 Å². The van der Waals surface area contributed by atoms with Crippen molar-refractivity contribution < 1.29 is 4.74 Å². The molecule has 13 heavy (non-hydrogen) atoms. The number of hydrogen-bond acceptors (Lipinski definition) is 2. The van der Waals surface area contributed by atoms with Crippen LogP contribution >= 0.6 is 0 Å². The lowest BCUT2D eigenvalue weighted by Crippen LogP contribution is -2.43. The van der Waals surface area contributed by atoms with Crippen LogP contribution in [-0.4, -0.2) is 25.3 Å². The summed E-state index contributed by atoms with van der Waals surface area (Å²) in [5.41, 5.74) is 0.729. The van der Waals surface area contributed by atoms with Crippen molar-refractivity contribution in [3.05, 3.63) is 0 Å². The van der Waals surface area contributed by atoms with Gasteiger partial charge in [-0.15, -0.1) is 0 Å². The van der Waals surface area contributed by atoms with Gasteiger partial charge in [0.05, 0.1) is 5.60 Å². The van der Waals surface area contributed by atoms with Crippen molar-refractivity contribution in [3.63, 3.8) is 0 Å². The minimum absolute atomic E-state index is 0.157. The molecule has 2 unspecified atom stereocenters. The zero-order valence-electron chi connectivity index (χ0n) is 8.86. The molecular weight excluding hydrogens is 162 g/mol. The van der Waals surface area contributed by atoms with Gasteiger partial charge in [0, 0.05) is 13.2 Å². The summed E-state index contributed by atoms with van der Waals surface area (Å²) in [6, 6.07) is 0. The van der Waals surface area contributed by atoms with E-state index in [1.807, 2.05) is 0 Å². The molecule has 2 nitrogen and oxygen atoms in total. The van der Waals surface area contributed by atoms with Crippen molar-refractivity contribution in [1.29, 1.82) is 0 Å². The molecule has 2 aliphatic rings. The molecule has 2 heterocycles. The Hall–Kier alpha value is -0.0800. The average molecular weight is 183 g/mol. The topological polar surface area (TPSA) is 21.3 Å². The lowest BCUT2D eigenvalue weighted by atomic mass is 9.72. The fraction of sp³-hybridized carbons (Fsp3) is 1.00. The molecule has 76 valence electrons. The molecule has 1 spiro atoms. The Bertz CT molecular complexity index is 187. The van der Waals surface area contributed by atoms with E-state index in [2.05, 4.69) is 19.2 Å². The second-order valence-electron chi connectivity index (χ2n) is 5.01. The van der Waals surface area contributed by atoms with Crippen molar-refractivity contribution in [2.45, 2.75) is 45.1 Å². The molecule has 0 aromatic heterocycles. The van der Waals surface area contributed by atoms with Gasteiger partial charge in [-0.3, -0.25) is 0 Å². The summed E-state index contributed by atoms with van der Waals surface area (Å²) in [7, 11) is 0. The first kappa shape index (κ1) is 9.47. The highest BCUT2D eigenvalue weighted by atomic mass is 16.5. The summed E-state index contributed by atoms with van der Waals surface area (Å²) in [4.78, 5) is 0. The Kier molecular flexibility index (Phi) is 2.37. The standard InChI is InChI=1S/C11H21NO/c1-3-10(2)8-11(5-7-13-10)4-6-12-9-11/h12H,3-9H2,1-2H3. The smallest absolute Gasteiger partial charge is 0.0657 e. The zero-order chi connectivity index (χ0) is 9.36. The van der Waals surface area contributed by atoms with Crippen LogP contribution in [0.3, 0.4) is 0 Å². The molecule has 2 atom stereocenters. The minimum atomic E-state index is 0.157. The van der Waals surface area contributed by atoms with Crippen LogP contribution in [0.1, 0.15) is 39.5 Å². The van der Waals surface area contributed by atoms with E-state index in [4.69, 9.17) is 4.74 Å². The Balaban J connectivity index is 2.06. The summed E-state index contributed by atoms with van der Waals surface area (Å²) in [5, 5.41) is 3.49. The van der Waals surface area contributed by atoms with Gasteiger partial charge in [0.25, 0.3) is 0 Å². The van der Waals surface area contributed by atoms with Crippen LogP contribution in [0.4, 0.5) is 0 Å². The maximum absolute atomic E-state index is 5.87. The maximum atomic E-state index is 5.87. The van der Waals surface area contributed by atoms with E-state index in [-0.39, 0.29) is 5.60 Å². The summed E-state index contributed by atoms with van der Waals surface area (Å²) in [6.45, 7) is 7.89. The second kappa shape index (κ2) is 3.25. The quantitative estimate of drug-likeness (QED) is 0.671. The highest BCUT2D eigenvalue weighted by Crippen LogP contribution is 2.44. The molecular formula is C11H21NO. The second-order valence-corrected chi connectivity index (χ2v) is 5.01. The van der Waals surface area contributed by atoms with E-state index in [1.165, 1.54) is 32.4 Å². The zero-order valence-corrected chi connectivity index (χ0v) is 8.86. The fourth-order valence-electron chi connectivity index (χ4n) is 2.83. The van der Waals surface area contributed by atoms with Gasteiger partial charge in [0.2, 0.25) is 0 Å². The molecule has 2 aliphatic heterocycles. The lowest BCUT2D eigenvalue weighted by Gasteiger charge is -2.44. The monoisotopic (exact) mass is 183 g/mol. The number of rotatable bonds is 1. The molecule has 0 bridgehead atoms. The molecule has 0 aliphatic carbocycles. The number of nitrogens with one attached hydrogen (secondary N) is 1. The molecule has 2 heteroatoms. The summed E-state index contributed by atoms with van der Waals surface area (Å²) >= 11 is 0. The minimum Gasteiger partial charge on any atom is -0.375 e. The van der Waals surface area contributed by atoms with Crippen molar-refractivity contribution in [2.75, 3.05) is 19.7 Å².